The smallest absolute Gasteiger partial charge is 0.311 e. The average Bonchev–Trinajstić information content (AvgIpc) is 2.93. The van der Waals surface area contributed by atoms with Crippen LogP contribution in [0.1, 0.15) is 38.7 Å². The van der Waals surface area contributed by atoms with Crippen LogP contribution in [0.3, 0.4) is 0 Å². The Kier molecular flexibility index (Phi) is 6.17. The Morgan fingerprint density at radius 3 is 2.48 bits per heavy atom. The van der Waals surface area contributed by atoms with Gasteiger partial charge in [-0.25, -0.2) is 5.06 Å². The van der Waals surface area contributed by atoms with E-state index in [4.69, 9.17) is 9.57 Å². The Balaban J connectivity index is 1.78. The minimum Gasteiger partial charge on any atom is -0.469 e. The number of methoxy groups -OCH3 is 1. The molecule has 2 aliphatic heterocycles. The van der Waals surface area contributed by atoms with Crippen LogP contribution in [0.4, 0.5) is 0 Å². The lowest BCUT2D eigenvalue weighted by Gasteiger charge is -2.46. The lowest BCUT2D eigenvalue weighted by atomic mass is 9.77. The first-order valence-corrected chi connectivity index (χ1v) is 9.76. The number of esters is 1. The van der Waals surface area contributed by atoms with Gasteiger partial charge in [0.05, 0.1) is 18.6 Å². The Morgan fingerprint density at radius 1 is 1.22 bits per heavy atom. The van der Waals surface area contributed by atoms with Gasteiger partial charge in [0, 0.05) is 26.1 Å². The van der Waals surface area contributed by atoms with E-state index in [0.717, 1.165) is 38.0 Å². The normalized spacial score (nSPS) is 22.6. The highest BCUT2D eigenvalue weighted by atomic mass is 16.7. The maximum atomic E-state index is 12.7. The molecule has 1 amide bonds. The number of hydrogen-bond donors (Lipinski definition) is 0. The van der Waals surface area contributed by atoms with E-state index in [1.807, 2.05) is 30.3 Å². The fourth-order valence-corrected chi connectivity index (χ4v) is 4.39. The predicted molar refractivity (Wildman–Crippen MR) is 101 cm³/mol. The molecule has 0 aliphatic carbocycles. The van der Waals surface area contributed by atoms with E-state index in [2.05, 4.69) is 18.7 Å². The predicted octanol–water partition coefficient (Wildman–Crippen LogP) is 2.63. The summed E-state index contributed by atoms with van der Waals surface area (Å²) in [7, 11) is 1.39. The molecule has 1 aromatic carbocycles. The molecule has 3 rings (SSSR count). The van der Waals surface area contributed by atoms with Gasteiger partial charge < -0.3 is 9.64 Å². The topological polar surface area (TPSA) is 59.1 Å². The summed E-state index contributed by atoms with van der Waals surface area (Å²) in [4.78, 5) is 33.6. The molecule has 0 saturated carbocycles. The fourth-order valence-electron chi connectivity index (χ4n) is 4.39. The molecule has 2 aliphatic rings. The summed E-state index contributed by atoms with van der Waals surface area (Å²) in [6.07, 6.45) is 1.60. The van der Waals surface area contributed by atoms with Crippen molar-refractivity contribution in [2.24, 2.45) is 11.8 Å². The molecule has 1 unspecified atom stereocenters. The summed E-state index contributed by atoms with van der Waals surface area (Å²) in [5, 5.41) is 1.51. The third-order valence-electron chi connectivity index (χ3n) is 5.69. The number of carbonyl (C=O) groups is 2. The molecule has 2 heterocycles. The first-order chi connectivity index (χ1) is 13.0. The number of piperidine rings is 1. The van der Waals surface area contributed by atoms with Crippen LogP contribution in [-0.4, -0.2) is 54.1 Å². The van der Waals surface area contributed by atoms with Crippen LogP contribution < -0.4 is 0 Å². The molecular formula is C21H30N2O4. The van der Waals surface area contributed by atoms with Crippen molar-refractivity contribution in [1.82, 2.24) is 9.96 Å². The quantitative estimate of drug-likeness (QED) is 0.717. The van der Waals surface area contributed by atoms with Crippen molar-refractivity contribution in [1.29, 1.82) is 0 Å². The van der Waals surface area contributed by atoms with E-state index < -0.39 is 11.5 Å². The zero-order valence-electron chi connectivity index (χ0n) is 16.5. The Bertz CT molecular complexity index is 653. The van der Waals surface area contributed by atoms with Gasteiger partial charge in [-0.15, -0.1) is 0 Å². The monoisotopic (exact) mass is 374 g/mol. The van der Waals surface area contributed by atoms with Crippen molar-refractivity contribution < 1.29 is 19.2 Å². The highest BCUT2D eigenvalue weighted by molar-refractivity contribution is 5.88. The SMILES string of the molecule is COC(=O)C1CC(=O)N(OCc2ccccc2)C12CCN(CC(C)C)CC2. The number of likely N-dealkylation sites (tertiary alicyclic amines) is 1. The van der Waals surface area contributed by atoms with E-state index in [-0.39, 0.29) is 18.3 Å². The molecular weight excluding hydrogens is 344 g/mol. The first-order valence-electron chi connectivity index (χ1n) is 9.76. The second-order valence-corrected chi connectivity index (χ2v) is 8.03. The molecule has 0 radical (unpaired) electrons. The summed E-state index contributed by atoms with van der Waals surface area (Å²) in [6.45, 7) is 7.45. The minimum absolute atomic E-state index is 0.126. The summed E-state index contributed by atoms with van der Waals surface area (Å²) in [5.74, 6) is -0.316. The van der Waals surface area contributed by atoms with Gasteiger partial charge in [-0.1, -0.05) is 44.2 Å². The third kappa shape index (κ3) is 4.17. The molecule has 1 spiro atoms. The van der Waals surface area contributed by atoms with Crippen molar-refractivity contribution in [2.45, 2.75) is 45.3 Å². The van der Waals surface area contributed by atoms with E-state index in [0.29, 0.717) is 12.5 Å². The number of hydroxylamine groups is 2. The molecule has 0 N–H and O–H groups in total. The van der Waals surface area contributed by atoms with Gasteiger partial charge in [0.2, 0.25) is 5.91 Å². The van der Waals surface area contributed by atoms with Gasteiger partial charge >= 0.3 is 5.97 Å². The van der Waals surface area contributed by atoms with Crippen LogP contribution in [0.2, 0.25) is 0 Å². The molecule has 6 heteroatoms. The molecule has 1 atom stereocenters. The largest absolute Gasteiger partial charge is 0.469 e. The van der Waals surface area contributed by atoms with Crippen molar-refractivity contribution in [3.63, 3.8) is 0 Å². The molecule has 6 nitrogen and oxygen atoms in total. The summed E-state index contributed by atoms with van der Waals surface area (Å²) >= 11 is 0. The highest BCUT2D eigenvalue weighted by Gasteiger charge is 2.58. The van der Waals surface area contributed by atoms with Crippen molar-refractivity contribution in [3.8, 4) is 0 Å². The van der Waals surface area contributed by atoms with Gasteiger partial charge in [-0.3, -0.25) is 14.4 Å². The zero-order valence-corrected chi connectivity index (χ0v) is 16.5. The Morgan fingerprint density at radius 2 is 1.89 bits per heavy atom. The lowest BCUT2D eigenvalue weighted by molar-refractivity contribution is -0.229. The number of benzene rings is 1. The van der Waals surface area contributed by atoms with Crippen LogP contribution in [0.5, 0.6) is 0 Å². The Labute approximate surface area is 161 Å². The number of rotatable bonds is 6. The van der Waals surface area contributed by atoms with Crippen LogP contribution in [0, 0.1) is 11.8 Å². The van der Waals surface area contributed by atoms with Crippen molar-refractivity contribution in [3.05, 3.63) is 35.9 Å². The second kappa shape index (κ2) is 8.40. The lowest BCUT2D eigenvalue weighted by Crippen LogP contribution is -2.57. The maximum Gasteiger partial charge on any atom is 0.311 e. The molecule has 2 saturated heterocycles. The first kappa shape index (κ1) is 19.8. The van der Waals surface area contributed by atoms with E-state index >= 15 is 0 Å². The van der Waals surface area contributed by atoms with E-state index in [1.165, 1.54) is 12.2 Å². The maximum absolute atomic E-state index is 12.7. The molecule has 0 bridgehead atoms. The standard InChI is InChI=1S/C21H30N2O4/c1-16(2)14-22-11-9-21(10-12-22)18(20(25)26-3)13-19(24)23(21)27-15-17-7-5-4-6-8-17/h4-8,16,18H,9-15H2,1-3H3. The van der Waals surface area contributed by atoms with E-state index in [1.54, 1.807) is 0 Å². The number of amides is 1. The number of ether oxygens (including phenoxy) is 1. The number of carbonyl (C=O) groups excluding carboxylic acids is 2. The van der Waals surface area contributed by atoms with Crippen LogP contribution >= 0.6 is 0 Å². The number of hydrogen-bond acceptors (Lipinski definition) is 5. The van der Waals surface area contributed by atoms with Gasteiger partial charge in [0.15, 0.2) is 0 Å². The van der Waals surface area contributed by atoms with Gasteiger partial charge in [-0.05, 0) is 24.3 Å². The second-order valence-electron chi connectivity index (χ2n) is 8.03. The highest BCUT2D eigenvalue weighted by Crippen LogP contribution is 2.44. The van der Waals surface area contributed by atoms with E-state index in [9.17, 15) is 9.59 Å². The molecule has 27 heavy (non-hydrogen) atoms. The summed E-state index contributed by atoms with van der Waals surface area (Å²) < 4.78 is 5.03. The average molecular weight is 374 g/mol. The van der Waals surface area contributed by atoms with Crippen LogP contribution in [0.15, 0.2) is 30.3 Å². The van der Waals surface area contributed by atoms with Crippen molar-refractivity contribution >= 4 is 11.9 Å². The fraction of sp³-hybridized carbons (Fsp3) is 0.619. The van der Waals surface area contributed by atoms with Gasteiger partial charge in [0.1, 0.15) is 6.61 Å². The molecule has 2 fully saturated rings. The molecule has 0 aromatic heterocycles. The van der Waals surface area contributed by atoms with Crippen molar-refractivity contribution in [2.75, 3.05) is 26.7 Å². The summed E-state index contributed by atoms with van der Waals surface area (Å²) in [5.41, 5.74) is 0.395. The minimum atomic E-state index is -0.605. The molecule has 1 aromatic rings. The number of nitrogens with zero attached hydrogens (tertiary/aromatic N) is 2. The van der Waals surface area contributed by atoms with Crippen LogP contribution in [0.25, 0.3) is 0 Å². The summed E-state index contributed by atoms with van der Waals surface area (Å²) in [6, 6.07) is 9.78. The third-order valence-corrected chi connectivity index (χ3v) is 5.69. The Hall–Kier alpha value is -1.92. The van der Waals surface area contributed by atoms with Gasteiger partial charge in [0.25, 0.3) is 0 Å². The molecule has 148 valence electrons. The van der Waals surface area contributed by atoms with Crippen LogP contribution in [-0.2, 0) is 25.8 Å². The van der Waals surface area contributed by atoms with Gasteiger partial charge in [-0.2, -0.15) is 0 Å². The zero-order chi connectivity index (χ0) is 19.4.